The maximum absolute atomic E-state index is 11.9. The molecule has 0 heterocycles. The van der Waals surface area contributed by atoms with E-state index in [1.165, 1.54) is 11.1 Å². The first-order chi connectivity index (χ1) is 11.1. The van der Waals surface area contributed by atoms with Gasteiger partial charge in [-0.05, 0) is 55.9 Å². The second-order valence-corrected chi connectivity index (χ2v) is 5.88. The van der Waals surface area contributed by atoms with Crippen LogP contribution in [0.1, 0.15) is 28.7 Å². The lowest BCUT2D eigenvalue weighted by molar-refractivity contribution is -0.123. The monoisotopic (exact) mass is 311 g/mol. The van der Waals surface area contributed by atoms with Crippen LogP contribution in [-0.4, -0.2) is 19.1 Å². The zero-order valence-corrected chi connectivity index (χ0v) is 14.2. The Morgan fingerprint density at radius 1 is 1.00 bits per heavy atom. The van der Waals surface area contributed by atoms with E-state index in [1.54, 1.807) is 0 Å². The molecule has 23 heavy (non-hydrogen) atoms. The van der Waals surface area contributed by atoms with Gasteiger partial charge in [0.2, 0.25) is 0 Å². The van der Waals surface area contributed by atoms with Gasteiger partial charge in [0.05, 0.1) is 0 Å². The van der Waals surface area contributed by atoms with Gasteiger partial charge in [-0.2, -0.15) is 0 Å². The number of aryl methyl sites for hydroxylation is 3. The van der Waals surface area contributed by atoms with E-state index >= 15 is 0 Å². The third-order valence-corrected chi connectivity index (χ3v) is 4.03. The second-order valence-electron chi connectivity index (χ2n) is 5.88. The molecule has 0 aliphatic rings. The summed E-state index contributed by atoms with van der Waals surface area (Å²) in [5, 5.41) is 2.91. The standard InChI is InChI=1S/C20H25NO2/c1-15-11-12-16(2)20(17(15)3)23-14-19(22)21-13-7-10-18-8-5-4-6-9-18/h4-6,8-9,11-12H,7,10,13-14H2,1-3H3,(H,21,22). The van der Waals surface area contributed by atoms with Crippen LogP contribution in [0.4, 0.5) is 0 Å². The van der Waals surface area contributed by atoms with Crippen LogP contribution < -0.4 is 10.1 Å². The van der Waals surface area contributed by atoms with Gasteiger partial charge >= 0.3 is 0 Å². The topological polar surface area (TPSA) is 38.3 Å². The summed E-state index contributed by atoms with van der Waals surface area (Å²) in [5.41, 5.74) is 4.63. The molecule has 1 amide bonds. The fourth-order valence-electron chi connectivity index (χ4n) is 2.50. The van der Waals surface area contributed by atoms with Gasteiger partial charge in [0.1, 0.15) is 5.75 Å². The van der Waals surface area contributed by atoms with Crippen molar-refractivity contribution in [2.45, 2.75) is 33.6 Å². The average Bonchev–Trinajstić information content (AvgIpc) is 2.56. The van der Waals surface area contributed by atoms with Gasteiger partial charge in [0, 0.05) is 6.54 Å². The molecular formula is C20H25NO2. The molecule has 0 aliphatic carbocycles. The van der Waals surface area contributed by atoms with Crippen LogP contribution in [0.25, 0.3) is 0 Å². The van der Waals surface area contributed by atoms with Gasteiger partial charge in [-0.3, -0.25) is 4.79 Å². The number of hydrogen-bond acceptors (Lipinski definition) is 2. The van der Waals surface area contributed by atoms with E-state index in [4.69, 9.17) is 4.74 Å². The quantitative estimate of drug-likeness (QED) is 0.791. The van der Waals surface area contributed by atoms with Crippen LogP contribution in [0.3, 0.4) is 0 Å². The first-order valence-electron chi connectivity index (χ1n) is 8.08. The van der Waals surface area contributed by atoms with E-state index < -0.39 is 0 Å². The highest BCUT2D eigenvalue weighted by atomic mass is 16.5. The average molecular weight is 311 g/mol. The molecule has 0 bridgehead atoms. The van der Waals surface area contributed by atoms with Crippen LogP contribution in [0.15, 0.2) is 42.5 Å². The fourth-order valence-corrected chi connectivity index (χ4v) is 2.50. The SMILES string of the molecule is Cc1ccc(C)c(OCC(=O)NCCCc2ccccc2)c1C. The Bertz CT molecular complexity index is 650. The number of benzene rings is 2. The smallest absolute Gasteiger partial charge is 0.257 e. The summed E-state index contributed by atoms with van der Waals surface area (Å²) in [4.78, 5) is 11.9. The zero-order chi connectivity index (χ0) is 16.7. The summed E-state index contributed by atoms with van der Waals surface area (Å²) in [5.74, 6) is 0.753. The fraction of sp³-hybridized carbons (Fsp3) is 0.350. The lowest BCUT2D eigenvalue weighted by Crippen LogP contribution is -2.30. The highest BCUT2D eigenvalue weighted by Gasteiger charge is 2.08. The predicted octanol–water partition coefficient (Wildman–Crippen LogP) is 3.74. The van der Waals surface area contributed by atoms with Gasteiger partial charge in [0.15, 0.2) is 6.61 Å². The molecule has 2 aromatic carbocycles. The van der Waals surface area contributed by atoms with Crippen molar-refractivity contribution in [1.82, 2.24) is 5.32 Å². The normalized spacial score (nSPS) is 10.4. The van der Waals surface area contributed by atoms with Crippen LogP contribution in [-0.2, 0) is 11.2 Å². The van der Waals surface area contributed by atoms with E-state index in [0.717, 1.165) is 29.7 Å². The van der Waals surface area contributed by atoms with Gasteiger partial charge < -0.3 is 10.1 Å². The van der Waals surface area contributed by atoms with E-state index in [9.17, 15) is 4.79 Å². The Balaban J connectivity index is 1.72. The molecule has 0 unspecified atom stereocenters. The lowest BCUT2D eigenvalue weighted by atomic mass is 10.1. The van der Waals surface area contributed by atoms with Crippen molar-refractivity contribution in [3.63, 3.8) is 0 Å². The van der Waals surface area contributed by atoms with Crippen molar-refractivity contribution in [2.75, 3.05) is 13.2 Å². The molecule has 122 valence electrons. The molecule has 3 nitrogen and oxygen atoms in total. The molecule has 0 saturated carbocycles. The van der Waals surface area contributed by atoms with E-state index in [2.05, 4.69) is 23.5 Å². The number of amides is 1. The molecule has 0 saturated heterocycles. The Labute approximate surface area is 138 Å². The Morgan fingerprint density at radius 2 is 1.70 bits per heavy atom. The molecule has 0 aliphatic heterocycles. The molecule has 2 rings (SSSR count). The maximum atomic E-state index is 11.9. The number of carbonyl (C=O) groups excluding carboxylic acids is 1. The van der Waals surface area contributed by atoms with Crippen LogP contribution in [0, 0.1) is 20.8 Å². The minimum Gasteiger partial charge on any atom is -0.483 e. The minimum absolute atomic E-state index is 0.0659. The Morgan fingerprint density at radius 3 is 2.43 bits per heavy atom. The minimum atomic E-state index is -0.0710. The number of hydrogen-bond donors (Lipinski definition) is 1. The third kappa shape index (κ3) is 5.13. The summed E-state index contributed by atoms with van der Waals surface area (Å²) in [6.07, 6.45) is 1.90. The van der Waals surface area contributed by atoms with Crippen molar-refractivity contribution in [2.24, 2.45) is 0 Å². The Hall–Kier alpha value is -2.29. The number of carbonyl (C=O) groups is 1. The van der Waals surface area contributed by atoms with Gasteiger partial charge in [-0.15, -0.1) is 0 Å². The summed E-state index contributed by atoms with van der Waals surface area (Å²) in [6, 6.07) is 14.4. The van der Waals surface area contributed by atoms with E-state index in [1.807, 2.05) is 45.0 Å². The molecular weight excluding hydrogens is 286 g/mol. The number of nitrogens with one attached hydrogen (secondary N) is 1. The van der Waals surface area contributed by atoms with E-state index in [-0.39, 0.29) is 12.5 Å². The van der Waals surface area contributed by atoms with Crippen LogP contribution >= 0.6 is 0 Å². The van der Waals surface area contributed by atoms with Crippen LogP contribution in [0.5, 0.6) is 5.75 Å². The molecule has 0 fully saturated rings. The van der Waals surface area contributed by atoms with Crippen molar-refractivity contribution >= 4 is 5.91 Å². The maximum Gasteiger partial charge on any atom is 0.257 e. The first kappa shape index (κ1) is 17.1. The van der Waals surface area contributed by atoms with E-state index in [0.29, 0.717) is 6.54 Å². The molecule has 0 aromatic heterocycles. The molecule has 1 N–H and O–H groups in total. The van der Waals surface area contributed by atoms with Crippen molar-refractivity contribution in [3.8, 4) is 5.75 Å². The molecule has 2 aromatic rings. The molecule has 0 atom stereocenters. The number of ether oxygens (including phenoxy) is 1. The predicted molar refractivity (Wildman–Crippen MR) is 93.9 cm³/mol. The van der Waals surface area contributed by atoms with Crippen molar-refractivity contribution in [3.05, 3.63) is 64.7 Å². The second kappa shape index (κ2) is 8.37. The number of rotatable bonds is 7. The highest BCUT2D eigenvalue weighted by Crippen LogP contribution is 2.25. The Kier molecular flexibility index (Phi) is 6.21. The van der Waals surface area contributed by atoms with Crippen molar-refractivity contribution < 1.29 is 9.53 Å². The molecule has 0 radical (unpaired) electrons. The zero-order valence-electron chi connectivity index (χ0n) is 14.2. The van der Waals surface area contributed by atoms with Gasteiger partial charge in [-0.25, -0.2) is 0 Å². The highest BCUT2D eigenvalue weighted by molar-refractivity contribution is 5.77. The molecule has 0 spiro atoms. The first-order valence-corrected chi connectivity index (χ1v) is 8.08. The third-order valence-electron chi connectivity index (χ3n) is 4.03. The van der Waals surface area contributed by atoms with Crippen molar-refractivity contribution in [1.29, 1.82) is 0 Å². The largest absolute Gasteiger partial charge is 0.483 e. The molecule has 3 heteroatoms. The van der Waals surface area contributed by atoms with Gasteiger partial charge in [0.25, 0.3) is 5.91 Å². The summed E-state index contributed by atoms with van der Waals surface area (Å²) < 4.78 is 5.71. The summed E-state index contributed by atoms with van der Waals surface area (Å²) >= 11 is 0. The van der Waals surface area contributed by atoms with Gasteiger partial charge in [-0.1, -0.05) is 42.5 Å². The summed E-state index contributed by atoms with van der Waals surface area (Å²) in [7, 11) is 0. The van der Waals surface area contributed by atoms with Crippen LogP contribution in [0.2, 0.25) is 0 Å². The lowest BCUT2D eigenvalue weighted by Gasteiger charge is -2.13. The summed E-state index contributed by atoms with van der Waals surface area (Å²) in [6.45, 7) is 6.81.